The van der Waals surface area contributed by atoms with Crippen molar-refractivity contribution in [2.45, 2.75) is 32.4 Å². The van der Waals surface area contributed by atoms with Crippen LogP contribution in [0, 0.1) is 0 Å². The Morgan fingerprint density at radius 3 is 3.00 bits per heavy atom. The van der Waals surface area contributed by atoms with Crippen LogP contribution in [0.2, 0.25) is 10.0 Å². The average Bonchev–Trinajstić information content (AvgIpc) is 2.39. The number of nitrogens with one attached hydrogen (secondary N) is 1. The molecule has 1 aliphatic rings. The van der Waals surface area contributed by atoms with Gasteiger partial charge in [0.15, 0.2) is 0 Å². The first-order chi connectivity index (χ1) is 9.52. The SMILES string of the molecule is CCOC(=O)C(C)NC1CCOc2c(Cl)cc(Cl)cc21. The summed E-state index contributed by atoms with van der Waals surface area (Å²) in [6.45, 7) is 4.47. The number of rotatable bonds is 4. The van der Waals surface area contributed by atoms with Gasteiger partial charge < -0.3 is 9.47 Å². The first-order valence-corrected chi connectivity index (χ1v) is 7.33. The molecule has 1 aromatic carbocycles. The standard InChI is InChI=1S/C14H17Cl2NO3/c1-3-19-14(18)8(2)17-12-4-5-20-13-10(12)6-9(15)7-11(13)16/h6-8,12,17H,3-5H2,1-2H3. The fourth-order valence-electron chi connectivity index (χ4n) is 2.24. The molecule has 20 heavy (non-hydrogen) atoms. The summed E-state index contributed by atoms with van der Waals surface area (Å²) in [4.78, 5) is 11.7. The van der Waals surface area contributed by atoms with Crippen LogP contribution in [-0.4, -0.2) is 25.2 Å². The fraction of sp³-hybridized carbons (Fsp3) is 0.500. The molecule has 0 saturated heterocycles. The van der Waals surface area contributed by atoms with Gasteiger partial charge in [-0.05, 0) is 26.0 Å². The number of hydrogen-bond acceptors (Lipinski definition) is 4. The molecule has 2 unspecified atom stereocenters. The lowest BCUT2D eigenvalue weighted by atomic mass is 9.99. The van der Waals surface area contributed by atoms with Crippen LogP contribution in [0.15, 0.2) is 12.1 Å². The normalized spacial score (nSPS) is 18.9. The highest BCUT2D eigenvalue weighted by Crippen LogP contribution is 2.40. The van der Waals surface area contributed by atoms with E-state index in [1.54, 1.807) is 19.9 Å². The van der Waals surface area contributed by atoms with E-state index in [2.05, 4.69) is 5.32 Å². The highest BCUT2D eigenvalue weighted by atomic mass is 35.5. The Morgan fingerprint density at radius 2 is 2.30 bits per heavy atom. The molecule has 0 bridgehead atoms. The third kappa shape index (κ3) is 3.37. The molecule has 0 aliphatic carbocycles. The summed E-state index contributed by atoms with van der Waals surface area (Å²) in [6.07, 6.45) is 0.743. The number of hydrogen-bond donors (Lipinski definition) is 1. The first kappa shape index (κ1) is 15.4. The van der Waals surface area contributed by atoms with Gasteiger partial charge in [-0.25, -0.2) is 0 Å². The monoisotopic (exact) mass is 317 g/mol. The molecule has 1 N–H and O–H groups in total. The van der Waals surface area contributed by atoms with Gasteiger partial charge in [0, 0.05) is 23.0 Å². The summed E-state index contributed by atoms with van der Waals surface area (Å²) in [5, 5.41) is 4.28. The number of fused-ring (bicyclic) bond motifs is 1. The smallest absolute Gasteiger partial charge is 0.322 e. The van der Waals surface area contributed by atoms with Crippen LogP contribution < -0.4 is 10.1 Å². The molecule has 110 valence electrons. The lowest BCUT2D eigenvalue weighted by molar-refractivity contribution is -0.145. The Morgan fingerprint density at radius 1 is 1.55 bits per heavy atom. The van der Waals surface area contributed by atoms with E-state index < -0.39 is 6.04 Å². The maximum absolute atomic E-state index is 11.7. The Bertz CT molecular complexity index is 507. The van der Waals surface area contributed by atoms with Crippen LogP contribution in [0.3, 0.4) is 0 Å². The quantitative estimate of drug-likeness (QED) is 0.865. The first-order valence-electron chi connectivity index (χ1n) is 6.57. The molecule has 1 heterocycles. The molecule has 0 fully saturated rings. The van der Waals surface area contributed by atoms with Crippen LogP contribution in [0.4, 0.5) is 0 Å². The number of esters is 1. The van der Waals surface area contributed by atoms with Crippen molar-refractivity contribution in [2.24, 2.45) is 0 Å². The van der Waals surface area contributed by atoms with Gasteiger partial charge in [-0.15, -0.1) is 0 Å². The maximum atomic E-state index is 11.7. The zero-order valence-corrected chi connectivity index (χ0v) is 12.9. The molecular weight excluding hydrogens is 301 g/mol. The minimum absolute atomic E-state index is 0.0330. The van der Waals surface area contributed by atoms with Crippen LogP contribution in [0.5, 0.6) is 5.75 Å². The highest BCUT2D eigenvalue weighted by Gasteiger charge is 2.27. The summed E-state index contributed by atoms with van der Waals surface area (Å²) in [5.74, 6) is 0.365. The summed E-state index contributed by atoms with van der Waals surface area (Å²) < 4.78 is 10.6. The van der Waals surface area contributed by atoms with Gasteiger partial charge in [0.2, 0.25) is 0 Å². The van der Waals surface area contributed by atoms with Gasteiger partial charge >= 0.3 is 5.97 Å². The summed E-state index contributed by atoms with van der Waals surface area (Å²) in [6, 6.07) is 3.04. The van der Waals surface area contributed by atoms with E-state index in [9.17, 15) is 4.79 Å². The third-order valence-corrected chi connectivity index (χ3v) is 3.66. The van der Waals surface area contributed by atoms with Crippen LogP contribution in [0.25, 0.3) is 0 Å². The molecule has 0 spiro atoms. The number of halogens is 2. The molecule has 6 heteroatoms. The molecule has 0 radical (unpaired) electrons. The highest BCUT2D eigenvalue weighted by molar-refractivity contribution is 6.35. The molecular formula is C14H17Cl2NO3. The van der Waals surface area contributed by atoms with Crippen molar-refractivity contribution < 1.29 is 14.3 Å². The van der Waals surface area contributed by atoms with Crippen LogP contribution >= 0.6 is 23.2 Å². The third-order valence-electron chi connectivity index (χ3n) is 3.16. The summed E-state index contributed by atoms with van der Waals surface area (Å²) >= 11 is 12.2. The van der Waals surface area contributed by atoms with E-state index in [1.165, 1.54) is 0 Å². The Kier molecular flexibility index (Phi) is 5.13. The second kappa shape index (κ2) is 6.66. The lowest BCUT2D eigenvalue weighted by Crippen LogP contribution is -2.39. The van der Waals surface area contributed by atoms with Crippen molar-refractivity contribution in [2.75, 3.05) is 13.2 Å². The molecule has 0 aromatic heterocycles. The van der Waals surface area contributed by atoms with Gasteiger partial charge in [0.25, 0.3) is 0 Å². The van der Waals surface area contributed by atoms with Gasteiger partial charge in [-0.2, -0.15) is 0 Å². The van der Waals surface area contributed by atoms with Crippen molar-refractivity contribution in [1.82, 2.24) is 5.32 Å². The summed E-state index contributed by atoms with van der Waals surface area (Å²) in [5.41, 5.74) is 0.880. The number of benzene rings is 1. The molecule has 4 nitrogen and oxygen atoms in total. The van der Waals surface area contributed by atoms with Crippen molar-refractivity contribution in [3.05, 3.63) is 27.7 Å². The van der Waals surface area contributed by atoms with Crippen molar-refractivity contribution in [3.8, 4) is 5.75 Å². The molecule has 1 aliphatic heterocycles. The van der Waals surface area contributed by atoms with Crippen molar-refractivity contribution in [1.29, 1.82) is 0 Å². The van der Waals surface area contributed by atoms with Gasteiger partial charge in [0.05, 0.1) is 18.2 Å². The predicted octanol–water partition coefficient (Wildman–Crippen LogP) is 3.36. The summed E-state index contributed by atoms with van der Waals surface area (Å²) in [7, 11) is 0. The largest absolute Gasteiger partial charge is 0.492 e. The number of carbonyl (C=O) groups excluding carboxylic acids is 1. The minimum Gasteiger partial charge on any atom is -0.492 e. The van der Waals surface area contributed by atoms with E-state index >= 15 is 0 Å². The maximum Gasteiger partial charge on any atom is 0.322 e. The second-order valence-corrected chi connectivity index (χ2v) is 5.48. The van der Waals surface area contributed by atoms with Crippen molar-refractivity contribution >= 4 is 29.2 Å². The van der Waals surface area contributed by atoms with Crippen LogP contribution in [-0.2, 0) is 9.53 Å². The van der Waals surface area contributed by atoms with E-state index in [1.807, 2.05) is 6.07 Å². The number of carbonyl (C=O) groups is 1. The molecule has 1 aromatic rings. The minimum atomic E-state index is -0.399. The number of ether oxygens (including phenoxy) is 2. The second-order valence-electron chi connectivity index (χ2n) is 4.64. The van der Waals surface area contributed by atoms with E-state index in [4.69, 9.17) is 32.7 Å². The van der Waals surface area contributed by atoms with Gasteiger partial charge in [-0.1, -0.05) is 23.2 Å². The Hall–Kier alpha value is -0.970. The molecule has 0 saturated carbocycles. The molecule has 2 atom stereocenters. The molecule has 0 amide bonds. The predicted molar refractivity (Wildman–Crippen MR) is 78.5 cm³/mol. The lowest BCUT2D eigenvalue weighted by Gasteiger charge is -2.29. The zero-order valence-electron chi connectivity index (χ0n) is 11.4. The van der Waals surface area contributed by atoms with E-state index in [0.29, 0.717) is 29.0 Å². The average molecular weight is 318 g/mol. The Labute approximate surface area is 128 Å². The van der Waals surface area contributed by atoms with Gasteiger partial charge in [0.1, 0.15) is 11.8 Å². The van der Waals surface area contributed by atoms with E-state index in [0.717, 1.165) is 12.0 Å². The van der Waals surface area contributed by atoms with Gasteiger partial charge in [-0.3, -0.25) is 10.1 Å². The fourth-order valence-corrected chi connectivity index (χ4v) is 2.80. The van der Waals surface area contributed by atoms with Crippen LogP contribution in [0.1, 0.15) is 31.9 Å². The molecule has 2 rings (SSSR count). The zero-order chi connectivity index (χ0) is 14.7. The topological polar surface area (TPSA) is 47.6 Å². The Balaban J connectivity index is 2.18. The van der Waals surface area contributed by atoms with Crippen molar-refractivity contribution in [3.63, 3.8) is 0 Å². The van der Waals surface area contributed by atoms with E-state index in [-0.39, 0.29) is 12.0 Å².